The lowest BCUT2D eigenvalue weighted by Gasteiger charge is -2.24. The Labute approximate surface area is 127 Å². The van der Waals surface area contributed by atoms with E-state index in [1.165, 1.54) is 21.3 Å². The fourth-order valence-corrected chi connectivity index (χ4v) is 1.83. The van der Waals surface area contributed by atoms with Crippen LogP contribution in [0.15, 0.2) is 12.1 Å². The van der Waals surface area contributed by atoms with E-state index in [0.29, 0.717) is 28.1 Å². The average Bonchev–Trinajstić information content (AvgIpc) is 2.44. The van der Waals surface area contributed by atoms with Crippen LogP contribution in [0.1, 0.15) is 24.2 Å². The molecule has 0 atom stereocenters. The van der Waals surface area contributed by atoms with Gasteiger partial charge in [0.2, 0.25) is 5.75 Å². The van der Waals surface area contributed by atoms with Crippen molar-refractivity contribution >= 4 is 21.8 Å². The van der Waals surface area contributed by atoms with Crippen molar-refractivity contribution in [3.8, 4) is 17.2 Å². The Morgan fingerprint density at radius 3 is 2.20 bits per heavy atom. The number of hydrogen-bond donors (Lipinski definition) is 1. The van der Waals surface area contributed by atoms with Crippen LogP contribution in [-0.4, -0.2) is 38.1 Å². The van der Waals surface area contributed by atoms with Crippen molar-refractivity contribution in [1.82, 2.24) is 5.32 Å². The van der Waals surface area contributed by atoms with Gasteiger partial charge in [-0.25, -0.2) is 0 Å². The van der Waals surface area contributed by atoms with Gasteiger partial charge in [0.05, 0.1) is 26.9 Å². The first-order chi connectivity index (χ1) is 9.40. The van der Waals surface area contributed by atoms with Crippen molar-refractivity contribution in [2.45, 2.75) is 19.4 Å². The van der Waals surface area contributed by atoms with E-state index in [0.717, 1.165) is 0 Å². The zero-order valence-electron chi connectivity index (χ0n) is 12.4. The number of methoxy groups -OCH3 is 3. The van der Waals surface area contributed by atoms with Crippen molar-refractivity contribution in [2.24, 2.45) is 0 Å². The first-order valence-electron chi connectivity index (χ1n) is 6.07. The zero-order chi connectivity index (χ0) is 15.3. The average molecular weight is 346 g/mol. The molecule has 1 amide bonds. The van der Waals surface area contributed by atoms with Crippen LogP contribution in [0, 0.1) is 0 Å². The number of benzene rings is 1. The van der Waals surface area contributed by atoms with Gasteiger partial charge in [0.25, 0.3) is 5.91 Å². The number of alkyl halides is 1. The molecular formula is C14H20BrNO4. The summed E-state index contributed by atoms with van der Waals surface area (Å²) < 4.78 is 15.8. The summed E-state index contributed by atoms with van der Waals surface area (Å²) >= 11 is 3.37. The second kappa shape index (κ2) is 6.83. The molecule has 6 heteroatoms. The van der Waals surface area contributed by atoms with Crippen LogP contribution in [0.3, 0.4) is 0 Å². The minimum atomic E-state index is -0.366. The van der Waals surface area contributed by atoms with E-state index in [1.807, 2.05) is 13.8 Å². The lowest BCUT2D eigenvalue weighted by molar-refractivity contribution is 0.0917. The van der Waals surface area contributed by atoms with Gasteiger partial charge in [0.1, 0.15) is 0 Å². The predicted molar refractivity (Wildman–Crippen MR) is 81.4 cm³/mol. The second-order valence-electron chi connectivity index (χ2n) is 4.85. The molecule has 0 aliphatic rings. The highest BCUT2D eigenvalue weighted by Crippen LogP contribution is 2.39. The van der Waals surface area contributed by atoms with Gasteiger partial charge in [-0.3, -0.25) is 4.79 Å². The van der Waals surface area contributed by atoms with Gasteiger partial charge in [0.15, 0.2) is 11.5 Å². The third kappa shape index (κ3) is 3.56. The number of rotatable bonds is 6. The van der Waals surface area contributed by atoms with Crippen LogP contribution in [0.5, 0.6) is 17.2 Å². The number of ether oxygens (including phenoxy) is 3. The second-order valence-corrected chi connectivity index (χ2v) is 5.41. The summed E-state index contributed by atoms with van der Waals surface area (Å²) in [5.74, 6) is 1.04. The molecule has 20 heavy (non-hydrogen) atoms. The molecule has 0 bridgehead atoms. The van der Waals surface area contributed by atoms with Gasteiger partial charge >= 0.3 is 0 Å². The van der Waals surface area contributed by atoms with Crippen molar-refractivity contribution < 1.29 is 19.0 Å². The van der Waals surface area contributed by atoms with Crippen LogP contribution in [0.2, 0.25) is 0 Å². The van der Waals surface area contributed by atoms with Crippen LogP contribution < -0.4 is 19.5 Å². The number of carbonyl (C=O) groups is 1. The molecule has 0 aliphatic carbocycles. The first-order valence-corrected chi connectivity index (χ1v) is 7.19. The van der Waals surface area contributed by atoms with Crippen LogP contribution in [0.4, 0.5) is 0 Å². The largest absolute Gasteiger partial charge is 0.493 e. The van der Waals surface area contributed by atoms with Crippen molar-refractivity contribution in [3.63, 3.8) is 0 Å². The summed E-state index contributed by atoms with van der Waals surface area (Å²) in [5.41, 5.74) is 0.0362. The Morgan fingerprint density at radius 2 is 1.75 bits per heavy atom. The molecule has 112 valence electrons. The number of carbonyl (C=O) groups excluding carboxylic acids is 1. The summed E-state index contributed by atoms with van der Waals surface area (Å²) in [6.45, 7) is 3.85. The smallest absolute Gasteiger partial charge is 0.255 e. The number of amides is 1. The molecule has 1 N–H and O–H groups in total. The van der Waals surface area contributed by atoms with Crippen molar-refractivity contribution in [1.29, 1.82) is 0 Å². The summed E-state index contributed by atoms with van der Waals surface area (Å²) in [5, 5.41) is 3.56. The molecule has 0 spiro atoms. The van der Waals surface area contributed by atoms with Gasteiger partial charge in [-0.05, 0) is 26.0 Å². The Balaban J connectivity index is 3.22. The van der Waals surface area contributed by atoms with Gasteiger partial charge in [-0.1, -0.05) is 15.9 Å². The first kappa shape index (κ1) is 16.6. The summed E-state index contributed by atoms with van der Waals surface area (Å²) in [6.07, 6.45) is 0. The number of halogens is 1. The minimum Gasteiger partial charge on any atom is -0.493 e. The molecule has 0 aliphatic heterocycles. The molecule has 1 aromatic rings. The molecule has 0 heterocycles. The Kier molecular flexibility index (Phi) is 5.68. The molecule has 1 aromatic carbocycles. The Bertz CT molecular complexity index is 488. The third-order valence-corrected chi connectivity index (χ3v) is 4.14. The van der Waals surface area contributed by atoms with Crippen LogP contribution in [-0.2, 0) is 0 Å². The molecule has 0 fully saturated rings. The highest BCUT2D eigenvalue weighted by Gasteiger charge is 2.25. The quantitative estimate of drug-likeness (QED) is 0.805. The van der Waals surface area contributed by atoms with Gasteiger partial charge < -0.3 is 19.5 Å². The molecule has 0 aromatic heterocycles. The molecular weight excluding hydrogens is 326 g/mol. The number of nitrogens with one attached hydrogen (secondary N) is 1. The summed E-state index contributed by atoms with van der Waals surface area (Å²) in [6, 6.07) is 3.33. The fourth-order valence-electron chi connectivity index (χ4n) is 1.69. The maximum atomic E-state index is 12.4. The standard InChI is InChI=1S/C14H20BrNO4/c1-14(2,8-15)16-13(17)9-6-7-10(18-3)12(20-5)11(9)19-4/h6-7H,8H2,1-5H3,(H,16,17). The monoisotopic (exact) mass is 345 g/mol. The normalized spacial score (nSPS) is 10.9. The lowest BCUT2D eigenvalue weighted by Crippen LogP contribution is -2.44. The molecule has 1 rings (SSSR count). The maximum Gasteiger partial charge on any atom is 0.255 e. The molecule has 0 saturated heterocycles. The third-order valence-electron chi connectivity index (χ3n) is 2.73. The van der Waals surface area contributed by atoms with E-state index in [2.05, 4.69) is 21.2 Å². The fraction of sp³-hybridized carbons (Fsp3) is 0.500. The lowest BCUT2D eigenvalue weighted by atomic mass is 10.1. The number of hydrogen-bond acceptors (Lipinski definition) is 4. The highest BCUT2D eigenvalue weighted by molar-refractivity contribution is 9.09. The molecule has 0 saturated carbocycles. The molecule has 0 unspecified atom stereocenters. The van der Waals surface area contributed by atoms with Gasteiger partial charge in [-0.2, -0.15) is 0 Å². The van der Waals surface area contributed by atoms with E-state index in [4.69, 9.17) is 14.2 Å². The predicted octanol–water partition coefficient (Wildman–Crippen LogP) is 2.62. The van der Waals surface area contributed by atoms with Crippen molar-refractivity contribution in [2.75, 3.05) is 26.7 Å². The SMILES string of the molecule is COc1ccc(C(=O)NC(C)(C)CBr)c(OC)c1OC. The Morgan fingerprint density at radius 1 is 1.15 bits per heavy atom. The van der Waals surface area contributed by atoms with E-state index in [1.54, 1.807) is 12.1 Å². The van der Waals surface area contributed by atoms with Gasteiger partial charge in [-0.15, -0.1) is 0 Å². The zero-order valence-corrected chi connectivity index (χ0v) is 14.0. The topological polar surface area (TPSA) is 56.8 Å². The van der Waals surface area contributed by atoms with E-state index in [9.17, 15) is 4.79 Å². The van der Waals surface area contributed by atoms with Crippen molar-refractivity contribution in [3.05, 3.63) is 17.7 Å². The summed E-state index contributed by atoms with van der Waals surface area (Å²) in [7, 11) is 4.53. The maximum absolute atomic E-state index is 12.4. The molecule has 5 nitrogen and oxygen atoms in total. The van der Waals surface area contributed by atoms with E-state index >= 15 is 0 Å². The Hall–Kier alpha value is -1.43. The highest BCUT2D eigenvalue weighted by atomic mass is 79.9. The van der Waals surface area contributed by atoms with Gasteiger partial charge in [0, 0.05) is 10.9 Å². The molecule has 0 radical (unpaired) electrons. The minimum absolute atomic E-state index is 0.229. The van der Waals surface area contributed by atoms with Crippen LogP contribution in [0.25, 0.3) is 0 Å². The van der Waals surface area contributed by atoms with E-state index in [-0.39, 0.29) is 11.4 Å². The van der Waals surface area contributed by atoms with Crippen LogP contribution >= 0.6 is 15.9 Å². The van der Waals surface area contributed by atoms with E-state index < -0.39 is 0 Å². The summed E-state index contributed by atoms with van der Waals surface area (Å²) in [4.78, 5) is 12.4.